The van der Waals surface area contributed by atoms with Gasteiger partial charge in [0.15, 0.2) is 0 Å². The minimum atomic E-state index is 0.114. The maximum absolute atomic E-state index is 11.8. The molecule has 0 fully saturated rings. The van der Waals surface area contributed by atoms with Crippen LogP contribution < -0.4 is 5.32 Å². The van der Waals surface area contributed by atoms with Gasteiger partial charge in [0, 0.05) is 38.6 Å². The lowest BCUT2D eigenvalue weighted by Crippen LogP contribution is -2.25. The summed E-state index contributed by atoms with van der Waals surface area (Å²) in [7, 11) is 0. The van der Waals surface area contributed by atoms with E-state index in [0.717, 1.165) is 32.9 Å². The Morgan fingerprint density at radius 1 is 0.833 bits per heavy atom. The summed E-state index contributed by atoms with van der Waals surface area (Å²) in [4.78, 5) is 14.1. The van der Waals surface area contributed by atoms with Gasteiger partial charge < -0.3 is 5.32 Å². The van der Waals surface area contributed by atoms with E-state index in [1.54, 1.807) is 23.5 Å². The Labute approximate surface area is 161 Å². The molecule has 0 aliphatic heterocycles. The third-order valence-electron chi connectivity index (χ3n) is 3.14. The summed E-state index contributed by atoms with van der Waals surface area (Å²) in [5.74, 6) is 1.89. The Bertz CT molecular complexity index is 577. The lowest BCUT2D eigenvalue weighted by atomic mass is 10.3. The van der Waals surface area contributed by atoms with Crippen molar-refractivity contribution < 1.29 is 4.79 Å². The molecule has 2 aromatic carbocycles. The molecule has 0 radical (unpaired) electrons. The number of thioether (sulfide) groups is 2. The van der Waals surface area contributed by atoms with E-state index in [4.69, 9.17) is 23.2 Å². The fraction of sp³-hybridized carbons (Fsp3) is 0.278. The number of nitrogens with one attached hydrogen (secondary N) is 1. The molecule has 0 bridgehead atoms. The van der Waals surface area contributed by atoms with E-state index in [-0.39, 0.29) is 5.91 Å². The van der Waals surface area contributed by atoms with Crippen molar-refractivity contribution in [2.45, 2.75) is 22.6 Å². The van der Waals surface area contributed by atoms with E-state index in [1.165, 1.54) is 4.90 Å². The second kappa shape index (κ2) is 10.9. The number of halogens is 2. The Balaban J connectivity index is 1.52. The van der Waals surface area contributed by atoms with Gasteiger partial charge in [-0.05, 0) is 60.7 Å². The summed E-state index contributed by atoms with van der Waals surface area (Å²) in [6.07, 6.45) is 1.43. The summed E-state index contributed by atoms with van der Waals surface area (Å²) in [5, 5.41) is 4.44. The number of hydrogen-bond donors (Lipinski definition) is 1. The summed E-state index contributed by atoms with van der Waals surface area (Å²) >= 11 is 15.2. The van der Waals surface area contributed by atoms with Crippen molar-refractivity contribution >= 4 is 52.6 Å². The average Bonchev–Trinajstić information content (AvgIpc) is 2.59. The van der Waals surface area contributed by atoms with Gasteiger partial charge in [0.1, 0.15) is 0 Å². The summed E-state index contributed by atoms with van der Waals surface area (Å²) < 4.78 is 0. The molecule has 0 saturated heterocycles. The molecule has 0 aliphatic carbocycles. The first-order valence-corrected chi connectivity index (χ1v) is 10.4. The van der Waals surface area contributed by atoms with E-state index in [0.29, 0.717) is 13.0 Å². The van der Waals surface area contributed by atoms with Crippen molar-refractivity contribution in [1.29, 1.82) is 0 Å². The van der Waals surface area contributed by atoms with Gasteiger partial charge in [0.05, 0.1) is 0 Å². The van der Waals surface area contributed by atoms with Crippen LogP contribution in [0.25, 0.3) is 0 Å². The topological polar surface area (TPSA) is 29.1 Å². The van der Waals surface area contributed by atoms with Gasteiger partial charge in [-0.2, -0.15) is 0 Å². The number of carbonyl (C=O) groups is 1. The Morgan fingerprint density at radius 3 is 1.88 bits per heavy atom. The van der Waals surface area contributed by atoms with E-state index >= 15 is 0 Å². The van der Waals surface area contributed by atoms with Gasteiger partial charge >= 0.3 is 0 Å². The highest BCUT2D eigenvalue weighted by Gasteiger charge is 2.02. The molecule has 0 atom stereocenters. The molecule has 0 heterocycles. The standard InChI is InChI=1S/C18H19Cl2NOS2/c19-14-3-7-16(8-4-14)23-12-1-2-18(22)21-11-13-24-17-9-5-15(20)6-10-17/h3-10H,1-2,11-13H2,(H,21,22). The van der Waals surface area contributed by atoms with Crippen LogP contribution in [0, 0.1) is 0 Å². The Kier molecular flexibility index (Phi) is 8.89. The zero-order chi connectivity index (χ0) is 17.2. The molecule has 128 valence electrons. The van der Waals surface area contributed by atoms with Crippen molar-refractivity contribution in [2.24, 2.45) is 0 Å². The Hall–Kier alpha value is -0.810. The quantitative estimate of drug-likeness (QED) is 0.428. The summed E-state index contributed by atoms with van der Waals surface area (Å²) in [5.41, 5.74) is 0. The van der Waals surface area contributed by atoms with Crippen LogP contribution in [0.5, 0.6) is 0 Å². The first-order chi connectivity index (χ1) is 11.6. The molecule has 1 amide bonds. The number of benzene rings is 2. The van der Waals surface area contributed by atoms with Crippen LogP contribution in [0.2, 0.25) is 10.0 Å². The van der Waals surface area contributed by atoms with Crippen molar-refractivity contribution in [1.82, 2.24) is 5.32 Å². The van der Waals surface area contributed by atoms with Crippen LogP contribution >= 0.6 is 46.7 Å². The predicted octanol–water partition coefficient (Wildman–Crippen LogP) is 5.77. The molecule has 0 spiro atoms. The molecule has 0 aromatic heterocycles. The number of rotatable bonds is 9. The predicted molar refractivity (Wildman–Crippen MR) is 107 cm³/mol. The van der Waals surface area contributed by atoms with Crippen molar-refractivity contribution in [3.63, 3.8) is 0 Å². The van der Waals surface area contributed by atoms with Gasteiger partial charge in [-0.25, -0.2) is 0 Å². The maximum atomic E-state index is 11.8. The third kappa shape index (κ3) is 7.84. The van der Waals surface area contributed by atoms with Gasteiger partial charge in [-0.15, -0.1) is 23.5 Å². The highest BCUT2D eigenvalue weighted by atomic mass is 35.5. The van der Waals surface area contributed by atoms with Crippen molar-refractivity contribution in [2.75, 3.05) is 18.1 Å². The summed E-state index contributed by atoms with van der Waals surface area (Å²) in [6, 6.07) is 15.5. The van der Waals surface area contributed by atoms with Crippen molar-refractivity contribution in [3.8, 4) is 0 Å². The van der Waals surface area contributed by atoms with Crippen LogP contribution in [0.3, 0.4) is 0 Å². The molecule has 2 aromatic rings. The van der Waals surface area contributed by atoms with Gasteiger partial charge in [0.2, 0.25) is 5.91 Å². The van der Waals surface area contributed by atoms with Gasteiger partial charge in [-0.3, -0.25) is 4.79 Å². The first kappa shape index (κ1) is 19.5. The maximum Gasteiger partial charge on any atom is 0.220 e. The lowest BCUT2D eigenvalue weighted by Gasteiger charge is -2.06. The lowest BCUT2D eigenvalue weighted by molar-refractivity contribution is -0.120. The smallest absolute Gasteiger partial charge is 0.220 e. The molecule has 24 heavy (non-hydrogen) atoms. The highest BCUT2D eigenvalue weighted by Crippen LogP contribution is 2.21. The van der Waals surface area contributed by atoms with E-state index in [1.807, 2.05) is 48.5 Å². The van der Waals surface area contributed by atoms with Gasteiger partial charge in [-0.1, -0.05) is 23.2 Å². The molecule has 0 aliphatic rings. The van der Waals surface area contributed by atoms with Crippen LogP contribution in [0.4, 0.5) is 0 Å². The SMILES string of the molecule is O=C(CCCSc1ccc(Cl)cc1)NCCSc1ccc(Cl)cc1. The van der Waals surface area contributed by atoms with Crippen LogP contribution in [0.1, 0.15) is 12.8 Å². The fourth-order valence-corrected chi connectivity index (χ4v) is 3.81. The van der Waals surface area contributed by atoms with Crippen molar-refractivity contribution in [3.05, 3.63) is 58.6 Å². The molecule has 0 saturated carbocycles. The first-order valence-electron chi connectivity index (χ1n) is 7.67. The second-order valence-electron chi connectivity index (χ2n) is 5.06. The molecule has 2 rings (SSSR count). The van der Waals surface area contributed by atoms with Gasteiger partial charge in [0.25, 0.3) is 0 Å². The zero-order valence-electron chi connectivity index (χ0n) is 13.1. The average molecular weight is 400 g/mol. The summed E-state index contributed by atoms with van der Waals surface area (Å²) in [6.45, 7) is 0.677. The van der Waals surface area contributed by atoms with Crippen LogP contribution in [0.15, 0.2) is 58.3 Å². The fourth-order valence-electron chi connectivity index (χ4n) is 1.93. The molecule has 1 N–H and O–H groups in total. The van der Waals surface area contributed by atoms with Crippen LogP contribution in [-0.4, -0.2) is 24.0 Å². The van der Waals surface area contributed by atoms with E-state index in [9.17, 15) is 4.79 Å². The minimum absolute atomic E-state index is 0.114. The minimum Gasteiger partial charge on any atom is -0.355 e. The Morgan fingerprint density at radius 2 is 1.33 bits per heavy atom. The number of hydrogen-bond acceptors (Lipinski definition) is 3. The second-order valence-corrected chi connectivity index (χ2v) is 8.27. The number of carbonyl (C=O) groups excluding carboxylic acids is 1. The molecule has 0 unspecified atom stereocenters. The monoisotopic (exact) mass is 399 g/mol. The van der Waals surface area contributed by atoms with E-state index in [2.05, 4.69) is 5.32 Å². The normalized spacial score (nSPS) is 10.6. The highest BCUT2D eigenvalue weighted by molar-refractivity contribution is 7.99. The molecule has 2 nitrogen and oxygen atoms in total. The van der Waals surface area contributed by atoms with Crippen LogP contribution in [-0.2, 0) is 4.79 Å². The zero-order valence-corrected chi connectivity index (χ0v) is 16.3. The van der Waals surface area contributed by atoms with E-state index < -0.39 is 0 Å². The molecule has 6 heteroatoms. The third-order valence-corrected chi connectivity index (χ3v) is 5.75. The molecular weight excluding hydrogens is 381 g/mol. The largest absolute Gasteiger partial charge is 0.355 e. The number of amides is 1. The molecular formula is C18H19Cl2NOS2.